The molecule has 1 aliphatic carbocycles. The van der Waals surface area contributed by atoms with Gasteiger partial charge in [0.25, 0.3) is 5.91 Å². The normalized spacial score (nSPS) is 13.3. The maximum absolute atomic E-state index is 12.6. The van der Waals surface area contributed by atoms with Gasteiger partial charge in [0.05, 0.1) is 12.2 Å². The molecule has 0 atom stereocenters. The third-order valence-corrected chi connectivity index (χ3v) is 5.86. The van der Waals surface area contributed by atoms with Crippen molar-refractivity contribution in [3.8, 4) is 17.9 Å². The van der Waals surface area contributed by atoms with Crippen molar-refractivity contribution in [1.82, 2.24) is 0 Å². The zero-order valence-electron chi connectivity index (χ0n) is 16.6. The van der Waals surface area contributed by atoms with Crippen molar-refractivity contribution in [3.63, 3.8) is 0 Å². The average Bonchev–Trinajstić information content (AvgIpc) is 3.08. The van der Waals surface area contributed by atoms with Crippen LogP contribution in [0.5, 0.6) is 5.75 Å². The van der Waals surface area contributed by atoms with Crippen LogP contribution < -0.4 is 10.1 Å². The van der Waals surface area contributed by atoms with Crippen molar-refractivity contribution < 1.29 is 9.53 Å². The number of benzene rings is 1. The molecule has 0 spiro atoms. The Morgan fingerprint density at radius 2 is 1.97 bits per heavy atom. The van der Waals surface area contributed by atoms with Crippen LogP contribution in [0.3, 0.4) is 0 Å². The van der Waals surface area contributed by atoms with Gasteiger partial charge < -0.3 is 10.1 Å². The van der Waals surface area contributed by atoms with E-state index in [0.717, 1.165) is 42.6 Å². The Hall–Kier alpha value is -3.09. The second-order valence-corrected chi connectivity index (χ2v) is 8.53. The predicted molar refractivity (Wildman–Crippen MR) is 115 cm³/mol. The highest BCUT2D eigenvalue weighted by Gasteiger charge is 2.22. The quantitative estimate of drug-likeness (QED) is 0.536. The number of fused-ring (bicyclic) bond motifs is 1. The van der Waals surface area contributed by atoms with Crippen LogP contribution in [-0.2, 0) is 17.6 Å². The van der Waals surface area contributed by atoms with E-state index >= 15 is 0 Å². The molecule has 0 radical (unpaired) electrons. The predicted octanol–water partition coefficient (Wildman–Crippen LogP) is 5.08. The number of nitrogens with one attached hydrogen (secondary N) is 1. The van der Waals surface area contributed by atoms with Gasteiger partial charge in [-0.3, -0.25) is 4.79 Å². The fraction of sp³-hybridized carbons (Fsp3) is 0.348. The Labute approximate surface area is 175 Å². The lowest BCUT2D eigenvalue weighted by atomic mass is 9.96. The molecule has 0 fully saturated rings. The SMILES string of the molecule is CC(C)COc1ccc(/C=C(\C#N)C(=O)Nc2sc3c(c2C#N)CCCC3)cc1. The minimum atomic E-state index is -0.497. The van der Waals surface area contributed by atoms with E-state index in [1.54, 1.807) is 6.08 Å². The Morgan fingerprint density at radius 3 is 2.62 bits per heavy atom. The summed E-state index contributed by atoms with van der Waals surface area (Å²) in [5.74, 6) is 0.689. The number of hydrogen-bond donors (Lipinski definition) is 1. The van der Waals surface area contributed by atoms with Crippen LogP contribution in [0.2, 0.25) is 0 Å². The Kier molecular flexibility index (Phi) is 6.69. The lowest BCUT2D eigenvalue weighted by Gasteiger charge is -2.09. The zero-order chi connectivity index (χ0) is 20.8. The molecule has 2 aromatic rings. The van der Waals surface area contributed by atoms with E-state index in [2.05, 4.69) is 25.2 Å². The van der Waals surface area contributed by atoms with Crippen LogP contribution in [0.4, 0.5) is 5.00 Å². The molecule has 0 bridgehead atoms. The van der Waals surface area contributed by atoms with Gasteiger partial charge in [0, 0.05) is 4.88 Å². The lowest BCUT2D eigenvalue weighted by molar-refractivity contribution is -0.112. The molecule has 1 heterocycles. The summed E-state index contributed by atoms with van der Waals surface area (Å²) in [5, 5.41) is 22.3. The first-order valence-electron chi connectivity index (χ1n) is 9.72. The smallest absolute Gasteiger partial charge is 0.266 e. The largest absolute Gasteiger partial charge is 0.493 e. The number of aryl methyl sites for hydroxylation is 1. The molecule has 1 amide bonds. The third kappa shape index (κ3) is 5.04. The first-order valence-corrected chi connectivity index (χ1v) is 10.5. The monoisotopic (exact) mass is 405 g/mol. The van der Waals surface area contributed by atoms with E-state index in [9.17, 15) is 15.3 Å². The van der Waals surface area contributed by atoms with Crippen LogP contribution in [0.15, 0.2) is 29.8 Å². The Morgan fingerprint density at radius 1 is 1.24 bits per heavy atom. The molecule has 29 heavy (non-hydrogen) atoms. The minimum Gasteiger partial charge on any atom is -0.493 e. The van der Waals surface area contributed by atoms with Crippen molar-refractivity contribution >= 4 is 28.3 Å². The minimum absolute atomic E-state index is 0.00360. The number of rotatable bonds is 6. The van der Waals surface area contributed by atoms with Gasteiger partial charge >= 0.3 is 0 Å². The number of hydrogen-bond acceptors (Lipinski definition) is 5. The topological polar surface area (TPSA) is 85.9 Å². The highest BCUT2D eigenvalue weighted by atomic mass is 32.1. The zero-order valence-corrected chi connectivity index (χ0v) is 17.4. The number of anilines is 1. The van der Waals surface area contributed by atoms with E-state index in [4.69, 9.17) is 4.74 Å². The van der Waals surface area contributed by atoms with E-state index < -0.39 is 5.91 Å². The van der Waals surface area contributed by atoms with Crippen molar-refractivity contribution in [1.29, 1.82) is 10.5 Å². The van der Waals surface area contributed by atoms with Crippen molar-refractivity contribution in [2.24, 2.45) is 5.92 Å². The molecular formula is C23H23N3O2S. The molecule has 5 nitrogen and oxygen atoms in total. The first kappa shape index (κ1) is 20.6. The van der Waals surface area contributed by atoms with Crippen LogP contribution >= 0.6 is 11.3 Å². The third-order valence-electron chi connectivity index (χ3n) is 4.65. The molecule has 1 N–H and O–H groups in total. The van der Waals surface area contributed by atoms with Gasteiger partial charge in [-0.1, -0.05) is 26.0 Å². The lowest BCUT2D eigenvalue weighted by Crippen LogP contribution is -2.13. The molecule has 1 aliphatic rings. The van der Waals surface area contributed by atoms with Gasteiger partial charge in [0.15, 0.2) is 0 Å². The summed E-state index contributed by atoms with van der Waals surface area (Å²) in [5.41, 5.74) is 2.33. The second kappa shape index (κ2) is 9.41. The summed E-state index contributed by atoms with van der Waals surface area (Å²) in [7, 11) is 0. The highest BCUT2D eigenvalue weighted by molar-refractivity contribution is 7.16. The van der Waals surface area contributed by atoms with E-state index in [1.165, 1.54) is 16.2 Å². The van der Waals surface area contributed by atoms with E-state index in [1.807, 2.05) is 30.3 Å². The van der Waals surface area contributed by atoms with E-state index in [0.29, 0.717) is 23.1 Å². The van der Waals surface area contributed by atoms with Gasteiger partial charge in [-0.25, -0.2) is 0 Å². The summed E-state index contributed by atoms with van der Waals surface area (Å²) >= 11 is 1.45. The first-order chi connectivity index (χ1) is 14.0. The number of nitriles is 2. The highest BCUT2D eigenvalue weighted by Crippen LogP contribution is 2.37. The molecule has 6 heteroatoms. The number of ether oxygens (including phenoxy) is 1. The van der Waals surface area contributed by atoms with Crippen LogP contribution in [-0.4, -0.2) is 12.5 Å². The van der Waals surface area contributed by atoms with Crippen molar-refractivity contribution in [3.05, 3.63) is 51.4 Å². The van der Waals surface area contributed by atoms with Gasteiger partial charge in [0.1, 0.15) is 28.5 Å². The number of carbonyl (C=O) groups excluding carboxylic acids is 1. The van der Waals surface area contributed by atoms with Gasteiger partial charge in [0.2, 0.25) is 0 Å². The van der Waals surface area contributed by atoms with Gasteiger partial charge in [-0.15, -0.1) is 11.3 Å². The molecule has 0 saturated heterocycles. The summed E-state index contributed by atoms with van der Waals surface area (Å²) in [6.07, 6.45) is 5.52. The molecular weight excluding hydrogens is 382 g/mol. The van der Waals surface area contributed by atoms with Gasteiger partial charge in [-0.2, -0.15) is 10.5 Å². The fourth-order valence-corrected chi connectivity index (χ4v) is 4.42. The fourth-order valence-electron chi connectivity index (χ4n) is 3.18. The number of carbonyl (C=O) groups is 1. The van der Waals surface area contributed by atoms with E-state index in [-0.39, 0.29) is 5.57 Å². The Bertz CT molecular complexity index is 1000. The maximum Gasteiger partial charge on any atom is 0.266 e. The molecule has 0 saturated carbocycles. The molecule has 3 rings (SSSR count). The number of thiophene rings is 1. The standard InChI is InChI=1S/C23H23N3O2S/c1-15(2)14-28-18-9-7-16(8-10-18)11-17(12-24)22(27)26-23-20(13-25)19-5-3-4-6-21(19)29-23/h7-11,15H,3-6,14H2,1-2H3,(H,26,27)/b17-11+. The summed E-state index contributed by atoms with van der Waals surface area (Å²) in [6, 6.07) is 11.4. The molecule has 0 unspecified atom stereocenters. The summed E-state index contributed by atoms with van der Waals surface area (Å²) < 4.78 is 5.65. The van der Waals surface area contributed by atoms with Gasteiger partial charge in [-0.05, 0) is 60.9 Å². The summed E-state index contributed by atoms with van der Waals surface area (Å²) in [4.78, 5) is 13.8. The van der Waals surface area contributed by atoms with Crippen molar-refractivity contribution in [2.45, 2.75) is 39.5 Å². The van der Waals surface area contributed by atoms with Crippen LogP contribution in [0.25, 0.3) is 6.08 Å². The van der Waals surface area contributed by atoms with Crippen LogP contribution in [0.1, 0.15) is 48.3 Å². The molecule has 1 aromatic carbocycles. The van der Waals surface area contributed by atoms with Crippen molar-refractivity contribution in [2.75, 3.05) is 11.9 Å². The maximum atomic E-state index is 12.6. The second-order valence-electron chi connectivity index (χ2n) is 7.42. The average molecular weight is 406 g/mol. The molecule has 0 aliphatic heterocycles. The number of amides is 1. The number of nitrogens with zero attached hydrogens (tertiary/aromatic N) is 2. The summed E-state index contributed by atoms with van der Waals surface area (Å²) in [6.45, 7) is 4.79. The Balaban J connectivity index is 1.75. The molecule has 1 aromatic heterocycles. The van der Waals surface area contributed by atoms with Crippen LogP contribution in [0, 0.1) is 28.6 Å². The molecule has 148 valence electrons.